The van der Waals surface area contributed by atoms with E-state index in [9.17, 15) is 4.79 Å². The molecule has 1 aliphatic heterocycles. The van der Waals surface area contributed by atoms with Crippen LogP contribution in [0.4, 0.5) is 5.69 Å². The predicted molar refractivity (Wildman–Crippen MR) is 123 cm³/mol. The van der Waals surface area contributed by atoms with Gasteiger partial charge in [0.1, 0.15) is 6.10 Å². The minimum absolute atomic E-state index is 0.0808. The molecule has 1 saturated heterocycles. The van der Waals surface area contributed by atoms with Gasteiger partial charge in [-0.15, -0.1) is 10.2 Å². The van der Waals surface area contributed by atoms with Crippen LogP contribution in [0, 0.1) is 17.3 Å². The fourth-order valence-electron chi connectivity index (χ4n) is 4.75. The standard InChI is InChI=1S/C25H34N4O2/c1-17(30)26-21-7-5-18(6-8-21)23-9-10-24(28-27-23)31-22-13-19-15-29(16-20(19)14-22)12-11-25(2,3)4/h5-10,19-20,22H,11-16H2,1-4H3,(H,26,30)/t19-,20+,22-. The third kappa shape index (κ3) is 5.82. The summed E-state index contributed by atoms with van der Waals surface area (Å²) in [5.74, 6) is 2.02. The van der Waals surface area contributed by atoms with E-state index in [1.165, 1.54) is 33.0 Å². The van der Waals surface area contributed by atoms with Crippen LogP contribution in [0.15, 0.2) is 36.4 Å². The van der Waals surface area contributed by atoms with Gasteiger partial charge >= 0.3 is 0 Å². The fourth-order valence-corrected chi connectivity index (χ4v) is 4.75. The van der Waals surface area contributed by atoms with Gasteiger partial charge < -0.3 is 15.0 Å². The number of nitrogens with one attached hydrogen (secondary N) is 1. The largest absolute Gasteiger partial charge is 0.473 e. The number of nitrogens with zero attached hydrogens (tertiary/aromatic N) is 3. The third-order valence-electron chi connectivity index (χ3n) is 6.39. The van der Waals surface area contributed by atoms with E-state index < -0.39 is 0 Å². The number of hydrogen-bond acceptors (Lipinski definition) is 5. The summed E-state index contributed by atoms with van der Waals surface area (Å²) < 4.78 is 6.18. The highest BCUT2D eigenvalue weighted by Crippen LogP contribution is 2.40. The lowest BCUT2D eigenvalue weighted by Crippen LogP contribution is -2.28. The smallest absolute Gasteiger partial charge is 0.233 e. The Balaban J connectivity index is 1.27. The first-order valence-corrected chi connectivity index (χ1v) is 11.4. The van der Waals surface area contributed by atoms with Crippen molar-refractivity contribution in [1.29, 1.82) is 0 Å². The Kier molecular flexibility index (Phi) is 6.28. The van der Waals surface area contributed by atoms with E-state index in [0.717, 1.165) is 41.6 Å². The molecule has 1 saturated carbocycles. The molecule has 1 aromatic carbocycles. The van der Waals surface area contributed by atoms with Gasteiger partial charge in [0.05, 0.1) is 5.69 Å². The number of ether oxygens (including phenoxy) is 1. The molecule has 1 amide bonds. The summed E-state index contributed by atoms with van der Waals surface area (Å²) in [6.07, 6.45) is 3.73. The minimum Gasteiger partial charge on any atom is -0.473 e. The van der Waals surface area contributed by atoms with E-state index in [2.05, 4.69) is 41.2 Å². The second kappa shape index (κ2) is 8.95. The summed E-state index contributed by atoms with van der Waals surface area (Å²) in [6.45, 7) is 12.1. The molecular formula is C25H34N4O2. The van der Waals surface area contributed by atoms with Crippen LogP contribution < -0.4 is 10.1 Å². The molecule has 6 heteroatoms. The van der Waals surface area contributed by atoms with E-state index in [0.29, 0.717) is 11.3 Å². The molecule has 1 aliphatic carbocycles. The van der Waals surface area contributed by atoms with Gasteiger partial charge in [-0.2, -0.15) is 0 Å². The van der Waals surface area contributed by atoms with E-state index >= 15 is 0 Å². The maximum atomic E-state index is 11.1. The Labute approximate surface area is 185 Å². The van der Waals surface area contributed by atoms with Crippen molar-refractivity contribution in [3.8, 4) is 17.1 Å². The van der Waals surface area contributed by atoms with Gasteiger partial charge in [0.25, 0.3) is 0 Å². The van der Waals surface area contributed by atoms with Gasteiger partial charge in [0.15, 0.2) is 0 Å². The Morgan fingerprint density at radius 1 is 1.06 bits per heavy atom. The maximum Gasteiger partial charge on any atom is 0.233 e. The number of hydrogen-bond donors (Lipinski definition) is 1. The van der Waals surface area contributed by atoms with Crippen LogP contribution >= 0.6 is 0 Å². The number of anilines is 1. The molecule has 0 bridgehead atoms. The molecule has 1 aromatic heterocycles. The van der Waals surface area contributed by atoms with E-state index in [1.54, 1.807) is 0 Å². The van der Waals surface area contributed by atoms with Crippen LogP contribution in [0.1, 0.15) is 47.0 Å². The molecule has 3 atom stereocenters. The Bertz CT molecular complexity index is 875. The van der Waals surface area contributed by atoms with Gasteiger partial charge in [0, 0.05) is 37.3 Å². The van der Waals surface area contributed by atoms with Crippen LogP contribution in [-0.2, 0) is 4.79 Å². The van der Waals surface area contributed by atoms with Crippen molar-refractivity contribution in [2.45, 2.75) is 53.1 Å². The number of aromatic nitrogens is 2. The average Bonchev–Trinajstić information content (AvgIpc) is 3.25. The molecule has 166 valence electrons. The molecule has 0 unspecified atom stereocenters. The van der Waals surface area contributed by atoms with Gasteiger partial charge in [-0.05, 0) is 61.3 Å². The van der Waals surface area contributed by atoms with E-state index in [4.69, 9.17) is 4.74 Å². The topological polar surface area (TPSA) is 67.3 Å². The van der Waals surface area contributed by atoms with Crippen molar-refractivity contribution >= 4 is 11.6 Å². The van der Waals surface area contributed by atoms with Crippen LogP contribution in [-0.4, -0.2) is 46.7 Å². The van der Waals surface area contributed by atoms with Crippen molar-refractivity contribution in [2.24, 2.45) is 17.3 Å². The first-order valence-electron chi connectivity index (χ1n) is 11.4. The van der Waals surface area contributed by atoms with Crippen molar-refractivity contribution in [3.63, 3.8) is 0 Å². The summed E-state index contributed by atoms with van der Waals surface area (Å²) in [5.41, 5.74) is 2.92. The van der Waals surface area contributed by atoms with Gasteiger partial charge in [-0.1, -0.05) is 32.9 Å². The lowest BCUT2D eigenvalue weighted by Gasteiger charge is -2.24. The third-order valence-corrected chi connectivity index (χ3v) is 6.39. The quantitative estimate of drug-likeness (QED) is 0.735. The first-order chi connectivity index (χ1) is 14.7. The minimum atomic E-state index is -0.0808. The summed E-state index contributed by atoms with van der Waals surface area (Å²) >= 11 is 0. The summed E-state index contributed by atoms with van der Waals surface area (Å²) in [6, 6.07) is 11.4. The Hall–Kier alpha value is -2.47. The summed E-state index contributed by atoms with van der Waals surface area (Å²) in [7, 11) is 0. The van der Waals surface area contributed by atoms with Crippen LogP contribution in [0.5, 0.6) is 5.88 Å². The summed E-state index contributed by atoms with van der Waals surface area (Å²) in [5, 5.41) is 11.4. The average molecular weight is 423 g/mol. The predicted octanol–water partition coefficient (Wildman–Crippen LogP) is 4.63. The normalized spacial score (nSPS) is 23.5. The molecule has 0 radical (unpaired) electrons. The second-order valence-electron chi connectivity index (χ2n) is 10.3. The number of carbonyl (C=O) groups excluding carboxylic acids is 1. The number of benzene rings is 1. The maximum absolute atomic E-state index is 11.1. The van der Waals surface area contributed by atoms with Crippen molar-refractivity contribution in [3.05, 3.63) is 36.4 Å². The number of carbonyl (C=O) groups is 1. The number of fused-ring (bicyclic) bond motifs is 1. The monoisotopic (exact) mass is 422 g/mol. The zero-order valence-corrected chi connectivity index (χ0v) is 19.1. The number of amides is 1. The fraction of sp³-hybridized carbons (Fsp3) is 0.560. The van der Waals surface area contributed by atoms with Gasteiger partial charge in [-0.3, -0.25) is 4.79 Å². The molecule has 0 spiro atoms. The highest BCUT2D eigenvalue weighted by atomic mass is 16.5. The lowest BCUT2D eigenvalue weighted by atomic mass is 9.92. The molecule has 31 heavy (non-hydrogen) atoms. The van der Waals surface area contributed by atoms with Crippen LogP contribution in [0.3, 0.4) is 0 Å². The van der Waals surface area contributed by atoms with E-state index in [-0.39, 0.29) is 12.0 Å². The summed E-state index contributed by atoms with van der Waals surface area (Å²) in [4.78, 5) is 13.8. The molecule has 1 N–H and O–H groups in total. The zero-order chi connectivity index (χ0) is 22.0. The lowest BCUT2D eigenvalue weighted by molar-refractivity contribution is -0.114. The van der Waals surface area contributed by atoms with Crippen LogP contribution in [0.25, 0.3) is 11.3 Å². The SMILES string of the molecule is CC(=O)Nc1ccc(-c2ccc(O[C@@H]3C[C@@H]4CN(CCC(C)(C)C)C[C@@H]4C3)nn2)cc1. The van der Waals surface area contributed by atoms with Gasteiger partial charge in [0.2, 0.25) is 11.8 Å². The molecule has 2 heterocycles. The highest BCUT2D eigenvalue weighted by Gasteiger charge is 2.41. The number of likely N-dealkylation sites (tertiary alicyclic amines) is 1. The molecule has 6 nitrogen and oxygen atoms in total. The molecule has 2 aliphatic rings. The van der Waals surface area contributed by atoms with Crippen LogP contribution in [0.2, 0.25) is 0 Å². The second-order valence-corrected chi connectivity index (χ2v) is 10.3. The highest BCUT2D eigenvalue weighted by molar-refractivity contribution is 5.88. The molecule has 2 fully saturated rings. The van der Waals surface area contributed by atoms with Crippen molar-refractivity contribution < 1.29 is 9.53 Å². The zero-order valence-electron chi connectivity index (χ0n) is 19.1. The number of rotatable bonds is 6. The molecular weight excluding hydrogens is 388 g/mol. The van der Waals surface area contributed by atoms with Crippen molar-refractivity contribution in [1.82, 2.24) is 15.1 Å². The Morgan fingerprint density at radius 2 is 1.74 bits per heavy atom. The van der Waals surface area contributed by atoms with Crippen molar-refractivity contribution in [2.75, 3.05) is 25.0 Å². The van der Waals surface area contributed by atoms with Gasteiger partial charge in [-0.25, -0.2) is 0 Å². The Morgan fingerprint density at radius 3 is 2.29 bits per heavy atom. The van der Waals surface area contributed by atoms with E-state index in [1.807, 2.05) is 36.4 Å². The first kappa shape index (κ1) is 21.8. The molecule has 2 aromatic rings. The molecule has 4 rings (SSSR count).